The minimum absolute atomic E-state index is 0.0159. The summed E-state index contributed by atoms with van der Waals surface area (Å²) in [6.07, 6.45) is 3.18. The number of rotatable bonds is 6. The van der Waals surface area contributed by atoms with Gasteiger partial charge in [0, 0.05) is 11.6 Å². The molecule has 2 bridgehead atoms. The molecule has 1 aliphatic heterocycles. The second kappa shape index (κ2) is 6.98. The Bertz CT molecular complexity index is 765. The van der Waals surface area contributed by atoms with E-state index < -0.39 is 11.9 Å². The highest BCUT2D eigenvalue weighted by molar-refractivity contribution is 5.95. The van der Waals surface area contributed by atoms with E-state index in [2.05, 4.69) is 5.32 Å². The van der Waals surface area contributed by atoms with Gasteiger partial charge in [-0.1, -0.05) is 32.0 Å². The van der Waals surface area contributed by atoms with Gasteiger partial charge in [-0.05, 0) is 42.7 Å². The molecule has 2 aliphatic carbocycles. The van der Waals surface area contributed by atoms with Gasteiger partial charge in [0.05, 0.1) is 11.8 Å². The van der Waals surface area contributed by atoms with E-state index in [1.54, 1.807) is 0 Å². The Morgan fingerprint density at radius 1 is 1.19 bits per heavy atom. The quantitative estimate of drug-likeness (QED) is 0.777. The summed E-state index contributed by atoms with van der Waals surface area (Å²) in [7, 11) is 0. The van der Waals surface area contributed by atoms with Gasteiger partial charge >= 0.3 is 11.9 Å². The van der Waals surface area contributed by atoms with Crippen molar-refractivity contribution >= 4 is 23.5 Å². The largest absolute Gasteiger partial charge is 0.462 e. The molecule has 6 heteroatoms. The van der Waals surface area contributed by atoms with E-state index >= 15 is 0 Å². The van der Waals surface area contributed by atoms with Gasteiger partial charge in [0.15, 0.2) is 6.61 Å². The van der Waals surface area contributed by atoms with Crippen molar-refractivity contribution in [2.45, 2.75) is 45.6 Å². The number of aryl methyl sites for hydroxylation is 2. The first-order valence-corrected chi connectivity index (χ1v) is 9.81. The first-order chi connectivity index (χ1) is 13.0. The van der Waals surface area contributed by atoms with Crippen LogP contribution in [-0.4, -0.2) is 30.6 Å². The summed E-state index contributed by atoms with van der Waals surface area (Å²) < 4.78 is 10.6. The second-order valence-electron chi connectivity index (χ2n) is 7.74. The zero-order chi connectivity index (χ0) is 19.1. The first kappa shape index (κ1) is 18.0. The molecule has 3 aliphatic rings. The van der Waals surface area contributed by atoms with E-state index in [1.807, 2.05) is 32.0 Å². The molecule has 27 heavy (non-hydrogen) atoms. The van der Waals surface area contributed by atoms with Gasteiger partial charge in [0.1, 0.15) is 6.10 Å². The highest BCUT2D eigenvalue weighted by Crippen LogP contribution is 2.57. The molecular formula is C21H25NO5. The summed E-state index contributed by atoms with van der Waals surface area (Å²) in [6.45, 7) is 3.74. The molecule has 0 spiro atoms. The van der Waals surface area contributed by atoms with Crippen LogP contribution in [0.1, 0.15) is 37.8 Å². The molecule has 1 saturated heterocycles. The summed E-state index contributed by atoms with van der Waals surface area (Å²) in [5.74, 6) is -1.62. The van der Waals surface area contributed by atoms with Crippen LogP contribution in [0.25, 0.3) is 0 Å². The Hall–Kier alpha value is -2.37. The lowest BCUT2D eigenvalue weighted by atomic mass is 9.80. The van der Waals surface area contributed by atoms with Crippen LogP contribution in [0.15, 0.2) is 18.2 Å². The molecule has 2 saturated carbocycles. The number of hydrogen-bond acceptors (Lipinski definition) is 5. The molecule has 1 aromatic rings. The van der Waals surface area contributed by atoms with E-state index in [-0.39, 0.29) is 42.3 Å². The monoisotopic (exact) mass is 371 g/mol. The van der Waals surface area contributed by atoms with E-state index in [1.165, 1.54) is 0 Å². The third-order valence-electron chi connectivity index (χ3n) is 6.36. The van der Waals surface area contributed by atoms with Gasteiger partial charge in [0.25, 0.3) is 5.91 Å². The topological polar surface area (TPSA) is 81.7 Å². The number of carbonyl (C=O) groups excluding carboxylic acids is 3. The fourth-order valence-electron chi connectivity index (χ4n) is 5.14. The van der Waals surface area contributed by atoms with Crippen molar-refractivity contribution in [2.75, 3.05) is 11.9 Å². The standard InChI is InChI=1S/C21H25NO5/c1-3-11-6-5-7-12(4-2)19(11)22-16(23)10-26-20(24)17-13-8-14-15(9-13)27-21(25)18(14)17/h5-7,13-15,17-18H,3-4,8-10H2,1-2H3,(H,22,23)/t13-,14+,15+,17-,18-/m1/s1. The molecule has 1 aromatic carbocycles. The molecular weight excluding hydrogens is 346 g/mol. The van der Waals surface area contributed by atoms with Crippen LogP contribution in [0.5, 0.6) is 0 Å². The Labute approximate surface area is 158 Å². The molecule has 5 atom stereocenters. The van der Waals surface area contributed by atoms with Crippen LogP contribution >= 0.6 is 0 Å². The summed E-state index contributed by atoms with van der Waals surface area (Å²) in [5, 5.41) is 2.90. The van der Waals surface area contributed by atoms with Crippen molar-refractivity contribution in [1.82, 2.24) is 0 Å². The van der Waals surface area contributed by atoms with Crippen molar-refractivity contribution in [1.29, 1.82) is 0 Å². The minimum Gasteiger partial charge on any atom is -0.462 e. The summed E-state index contributed by atoms with van der Waals surface area (Å²) in [6, 6.07) is 5.95. The van der Waals surface area contributed by atoms with Crippen molar-refractivity contribution in [3.05, 3.63) is 29.3 Å². The molecule has 6 nitrogen and oxygen atoms in total. The number of fused-ring (bicyclic) bond motifs is 1. The number of benzene rings is 1. The average Bonchev–Trinajstić information content (AvgIpc) is 3.28. The average molecular weight is 371 g/mol. The highest BCUT2D eigenvalue weighted by Gasteiger charge is 2.64. The van der Waals surface area contributed by atoms with Gasteiger partial charge in [-0.25, -0.2) is 0 Å². The van der Waals surface area contributed by atoms with Crippen molar-refractivity contribution < 1.29 is 23.9 Å². The van der Waals surface area contributed by atoms with E-state index in [0.29, 0.717) is 0 Å². The van der Waals surface area contributed by atoms with Crippen LogP contribution < -0.4 is 5.32 Å². The Morgan fingerprint density at radius 3 is 2.56 bits per heavy atom. The van der Waals surface area contributed by atoms with Crippen molar-refractivity contribution in [2.24, 2.45) is 23.7 Å². The number of nitrogens with one attached hydrogen (secondary N) is 1. The molecule has 1 heterocycles. The van der Waals surface area contributed by atoms with E-state index in [4.69, 9.17) is 9.47 Å². The lowest BCUT2D eigenvalue weighted by Crippen LogP contribution is -2.35. The van der Waals surface area contributed by atoms with Crippen LogP contribution in [0, 0.1) is 23.7 Å². The van der Waals surface area contributed by atoms with Crippen LogP contribution in [0.3, 0.4) is 0 Å². The normalized spacial score (nSPS) is 30.3. The molecule has 144 valence electrons. The molecule has 0 unspecified atom stereocenters. The fourth-order valence-corrected chi connectivity index (χ4v) is 5.14. The Kier molecular flexibility index (Phi) is 4.66. The maximum absolute atomic E-state index is 12.6. The van der Waals surface area contributed by atoms with Gasteiger partial charge in [0.2, 0.25) is 0 Å². The Balaban J connectivity index is 1.38. The van der Waals surface area contributed by atoms with Gasteiger partial charge in [-0.15, -0.1) is 0 Å². The predicted octanol–water partition coefficient (Wildman–Crippen LogP) is 2.49. The molecule has 1 amide bonds. The van der Waals surface area contributed by atoms with Gasteiger partial charge in [-0.2, -0.15) is 0 Å². The molecule has 0 aromatic heterocycles. The molecule has 3 fully saturated rings. The number of amides is 1. The lowest BCUT2D eigenvalue weighted by Gasteiger charge is -2.22. The van der Waals surface area contributed by atoms with E-state index in [9.17, 15) is 14.4 Å². The zero-order valence-electron chi connectivity index (χ0n) is 15.7. The smallest absolute Gasteiger partial charge is 0.310 e. The van der Waals surface area contributed by atoms with E-state index in [0.717, 1.165) is 42.5 Å². The maximum Gasteiger partial charge on any atom is 0.310 e. The Morgan fingerprint density at radius 2 is 1.89 bits per heavy atom. The number of hydrogen-bond donors (Lipinski definition) is 1. The SMILES string of the molecule is CCc1cccc(CC)c1NC(=O)COC(=O)[C@@H]1[C@@H]2C[C@@H]3[C@H]1C(=O)O[C@H]3C2. The van der Waals surface area contributed by atoms with Crippen molar-refractivity contribution in [3.63, 3.8) is 0 Å². The number of carbonyl (C=O) groups is 3. The number of para-hydroxylation sites is 1. The highest BCUT2D eigenvalue weighted by atomic mass is 16.6. The maximum atomic E-state index is 12.6. The van der Waals surface area contributed by atoms with Crippen LogP contribution in [-0.2, 0) is 36.7 Å². The third-order valence-corrected chi connectivity index (χ3v) is 6.36. The zero-order valence-corrected chi connectivity index (χ0v) is 15.7. The summed E-state index contributed by atoms with van der Waals surface area (Å²) in [5.41, 5.74) is 2.93. The molecule has 1 N–H and O–H groups in total. The van der Waals surface area contributed by atoms with Gasteiger partial charge in [-0.3, -0.25) is 14.4 Å². The molecule has 0 radical (unpaired) electrons. The van der Waals surface area contributed by atoms with Crippen molar-refractivity contribution in [3.8, 4) is 0 Å². The van der Waals surface area contributed by atoms with Gasteiger partial charge < -0.3 is 14.8 Å². The number of anilines is 1. The second-order valence-corrected chi connectivity index (χ2v) is 7.74. The lowest BCUT2D eigenvalue weighted by molar-refractivity contribution is -0.157. The van der Waals surface area contributed by atoms with Crippen LogP contribution in [0.4, 0.5) is 5.69 Å². The number of ether oxygens (including phenoxy) is 2. The third kappa shape index (κ3) is 3.01. The predicted molar refractivity (Wildman–Crippen MR) is 97.9 cm³/mol. The summed E-state index contributed by atoms with van der Waals surface area (Å²) in [4.78, 5) is 37.0. The first-order valence-electron chi connectivity index (χ1n) is 9.81. The minimum atomic E-state index is -0.455. The molecule has 4 rings (SSSR count). The van der Waals surface area contributed by atoms with Crippen LogP contribution in [0.2, 0.25) is 0 Å². The summed E-state index contributed by atoms with van der Waals surface area (Å²) >= 11 is 0. The fraction of sp³-hybridized carbons (Fsp3) is 0.571. The number of esters is 2.